The molecule has 0 bridgehead atoms. The van der Waals surface area contributed by atoms with E-state index in [9.17, 15) is 15.0 Å². The van der Waals surface area contributed by atoms with Crippen LogP contribution in [0.15, 0.2) is 0 Å². The number of rotatable bonds is 1. The first-order chi connectivity index (χ1) is 11.7. The first-order valence-corrected chi connectivity index (χ1v) is 10.6. The molecule has 0 spiro atoms. The summed E-state index contributed by atoms with van der Waals surface area (Å²) in [5.41, 5.74) is 0. The average Bonchev–Trinajstić information content (AvgIpc) is 2.55. The molecule has 1 rings (SSSR count). The van der Waals surface area contributed by atoms with Crippen LogP contribution < -0.4 is 34.7 Å². The van der Waals surface area contributed by atoms with E-state index in [0.717, 1.165) is 32.1 Å². The number of hydrogen-bond donors (Lipinski definition) is 1. The number of aliphatic hydroxyl groups is 1. The largest absolute Gasteiger partial charge is 1.00 e. The van der Waals surface area contributed by atoms with Crippen molar-refractivity contribution in [3.63, 3.8) is 0 Å². The second kappa shape index (κ2) is 17.8. The van der Waals surface area contributed by atoms with E-state index in [4.69, 9.17) is 0 Å². The summed E-state index contributed by atoms with van der Waals surface area (Å²) >= 11 is 0. The van der Waals surface area contributed by atoms with Gasteiger partial charge in [0.05, 0.1) is 6.10 Å². The van der Waals surface area contributed by atoms with E-state index in [2.05, 4.69) is 0 Å². The Hall–Kier alpha value is 0.430. The van der Waals surface area contributed by atoms with Crippen LogP contribution in [0.4, 0.5) is 0 Å². The van der Waals surface area contributed by atoms with Crippen molar-refractivity contribution in [2.75, 3.05) is 0 Å². The van der Waals surface area contributed by atoms with Gasteiger partial charge >= 0.3 is 29.6 Å². The van der Waals surface area contributed by atoms with E-state index in [-0.39, 0.29) is 41.6 Å². The zero-order chi connectivity index (χ0) is 17.5. The summed E-state index contributed by atoms with van der Waals surface area (Å²) in [6.45, 7) is 0. The molecule has 0 aliphatic heterocycles. The van der Waals surface area contributed by atoms with Crippen molar-refractivity contribution in [2.24, 2.45) is 5.92 Å². The normalized spacial score (nSPS) is 26.9. The third-order valence-electron chi connectivity index (χ3n) is 5.52. The summed E-state index contributed by atoms with van der Waals surface area (Å²) < 4.78 is 0. The predicted octanol–water partition coefficient (Wildman–Crippen LogP) is 1.75. The molecule has 25 heavy (non-hydrogen) atoms. The predicted molar refractivity (Wildman–Crippen MR) is 97.6 cm³/mol. The van der Waals surface area contributed by atoms with Gasteiger partial charge in [-0.15, -0.1) is 0 Å². The Bertz CT molecular complexity index is 310. The van der Waals surface area contributed by atoms with E-state index in [1.165, 1.54) is 70.6 Å². The third-order valence-corrected chi connectivity index (χ3v) is 5.52. The molecule has 0 aromatic carbocycles. The Morgan fingerprint density at radius 3 is 1.36 bits per heavy atom. The fourth-order valence-electron chi connectivity index (χ4n) is 3.81. The van der Waals surface area contributed by atoms with Crippen molar-refractivity contribution >= 4 is 5.97 Å². The first-order valence-electron chi connectivity index (χ1n) is 10.6. The van der Waals surface area contributed by atoms with Gasteiger partial charge in [-0.1, -0.05) is 89.9 Å². The Morgan fingerprint density at radius 2 is 0.960 bits per heavy atom. The molecule has 2 atom stereocenters. The van der Waals surface area contributed by atoms with Crippen LogP contribution in [0.1, 0.15) is 116 Å². The van der Waals surface area contributed by atoms with Gasteiger partial charge in [0, 0.05) is 5.97 Å². The number of carbonyl (C=O) groups is 1. The molecule has 1 fully saturated rings. The van der Waals surface area contributed by atoms with Gasteiger partial charge in [-0.25, -0.2) is 0 Å². The maximum absolute atomic E-state index is 11.3. The van der Waals surface area contributed by atoms with Gasteiger partial charge in [-0.2, -0.15) is 0 Å². The summed E-state index contributed by atoms with van der Waals surface area (Å²) in [7, 11) is 0. The maximum atomic E-state index is 11.3. The zero-order valence-electron chi connectivity index (χ0n) is 16.6. The molecule has 0 heterocycles. The number of carbonyl (C=O) groups excluding carboxylic acids is 1. The Kier molecular flexibility index (Phi) is 18.1. The fourth-order valence-corrected chi connectivity index (χ4v) is 3.81. The van der Waals surface area contributed by atoms with Gasteiger partial charge in [0.15, 0.2) is 0 Å². The molecule has 1 N–H and O–H groups in total. The quantitative estimate of drug-likeness (QED) is 0.723. The van der Waals surface area contributed by atoms with Crippen molar-refractivity contribution in [3.8, 4) is 0 Å². The minimum absolute atomic E-state index is 0. The molecule has 142 valence electrons. The Labute approximate surface area is 177 Å². The van der Waals surface area contributed by atoms with Gasteiger partial charge in [0.1, 0.15) is 0 Å². The summed E-state index contributed by atoms with van der Waals surface area (Å²) in [5, 5.41) is 21.3. The van der Waals surface area contributed by atoms with Crippen LogP contribution in [0.5, 0.6) is 0 Å². The fraction of sp³-hybridized carbons (Fsp3) is 0.952. The van der Waals surface area contributed by atoms with E-state index in [1.54, 1.807) is 0 Å². The number of carboxylic acids is 1. The maximum Gasteiger partial charge on any atom is 1.00 e. The summed E-state index contributed by atoms with van der Waals surface area (Å²) in [6, 6.07) is 0. The van der Waals surface area contributed by atoms with Crippen LogP contribution in [0.25, 0.3) is 0 Å². The molecule has 3 nitrogen and oxygen atoms in total. The van der Waals surface area contributed by atoms with E-state index >= 15 is 0 Å². The Morgan fingerprint density at radius 1 is 0.600 bits per heavy atom. The van der Waals surface area contributed by atoms with Crippen molar-refractivity contribution in [3.05, 3.63) is 0 Å². The summed E-state index contributed by atoms with van der Waals surface area (Å²) in [4.78, 5) is 11.3. The minimum Gasteiger partial charge on any atom is -0.550 e. The topological polar surface area (TPSA) is 60.4 Å². The minimum atomic E-state index is -0.927. The molecule has 1 aliphatic carbocycles. The summed E-state index contributed by atoms with van der Waals surface area (Å²) in [5.74, 6) is -1.30. The van der Waals surface area contributed by atoms with Gasteiger partial charge in [0.25, 0.3) is 0 Å². The molecule has 4 heteroatoms. The molecule has 0 saturated heterocycles. The molecule has 2 unspecified atom stereocenters. The second-order valence-electron chi connectivity index (χ2n) is 7.77. The monoisotopic (exact) mass is 362 g/mol. The van der Waals surface area contributed by atoms with E-state index in [1.807, 2.05) is 0 Å². The van der Waals surface area contributed by atoms with Crippen LogP contribution in [-0.4, -0.2) is 17.2 Å². The van der Waals surface area contributed by atoms with Gasteiger partial charge < -0.3 is 15.0 Å². The van der Waals surface area contributed by atoms with Crippen LogP contribution in [0.2, 0.25) is 0 Å². The van der Waals surface area contributed by atoms with Crippen LogP contribution in [-0.2, 0) is 4.79 Å². The molecular weight excluding hydrogens is 323 g/mol. The van der Waals surface area contributed by atoms with Crippen LogP contribution in [0.3, 0.4) is 0 Å². The van der Waals surface area contributed by atoms with Crippen molar-refractivity contribution in [1.29, 1.82) is 0 Å². The standard InChI is InChI=1S/C21H40O3.Na/c22-20-16-14-12-10-8-6-4-2-1-3-5-7-9-11-13-15-19(17-18-20)21(23)24;/h19-20,22H,1-18H2,(H,23,24);/q;+1/p-1. The van der Waals surface area contributed by atoms with Gasteiger partial charge in [-0.05, 0) is 31.6 Å². The number of carboxylic acid groups (broad SMARTS) is 1. The summed E-state index contributed by atoms with van der Waals surface area (Å²) in [6.07, 6.45) is 20.0. The molecule has 1 aliphatic rings. The molecular formula is C21H39NaO3. The smallest absolute Gasteiger partial charge is 0.550 e. The van der Waals surface area contributed by atoms with E-state index < -0.39 is 5.97 Å². The number of hydrogen-bond acceptors (Lipinski definition) is 3. The number of aliphatic carboxylic acids is 1. The SMILES string of the molecule is O=C([O-])C1CCCCCCCCCCCCCCCCC(O)CC1.[Na+]. The third kappa shape index (κ3) is 15.2. The van der Waals surface area contributed by atoms with Crippen molar-refractivity contribution in [2.45, 2.75) is 122 Å². The van der Waals surface area contributed by atoms with Gasteiger partial charge in [-0.3, -0.25) is 0 Å². The van der Waals surface area contributed by atoms with Crippen molar-refractivity contribution < 1.29 is 44.6 Å². The molecule has 1 saturated carbocycles. The van der Waals surface area contributed by atoms with E-state index in [0.29, 0.717) is 12.8 Å². The zero-order valence-corrected chi connectivity index (χ0v) is 18.6. The second-order valence-corrected chi connectivity index (χ2v) is 7.77. The molecule has 0 amide bonds. The molecule has 0 radical (unpaired) electrons. The first kappa shape index (κ1) is 25.4. The van der Waals surface area contributed by atoms with Crippen LogP contribution >= 0.6 is 0 Å². The molecule has 0 aromatic rings. The van der Waals surface area contributed by atoms with Crippen LogP contribution in [0, 0.1) is 5.92 Å². The van der Waals surface area contributed by atoms with Crippen molar-refractivity contribution in [1.82, 2.24) is 0 Å². The average molecular weight is 363 g/mol. The van der Waals surface area contributed by atoms with Gasteiger partial charge in [0.2, 0.25) is 0 Å². The number of aliphatic hydroxyl groups excluding tert-OH is 1. The Balaban J connectivity index is 0.00000576. The molecule has 0 aromatic heterocycles.